The number of halogens is 1. The Morgan fingerprint density at radius 1 is 1.07 bits per heavy atom. The summed E-state index contributed by atoms with van der Waals surface area (Å²) in [5, 5.41) is 6.26. The number of ether oxygens (including phenoxy) is 2. The van der Waals surface area contributed by atoms with Crippen LogP contribution in [0.2, 0.25) is 0 Å². The Labute approximate surface area is 184 Å². The third-order valence-corrected chi connectivity index (χ3v) is 6.58. The highest BCUT2D eigenvalue weighted by Crippen LogP contribution is 2.39. The van der Waals surface area contributed by atoms with E-state index < -0.39 is 0 Å². The second-order valence-corrected chi connectivity index (χ2v) is 8.94. The third kappa shape index (κ3) is 3.66. The molecule has 2 amide bonds. The van der Waals surface area contributed by atoms with Crippen molar-refractivity contribution in [3.8, 4) is 11.5 Å². The van der Waals surface area contributed by atoms with Crippen LogP contribution in [0.15, 0.2) is 46.9 Å². The maximum Gasteiger partial charge on any atom is 0.257 e. The topological polar surface area (TPSA) is 89.6 Å². The largest absolute Gasteiger partial charge is 0.454 e. The number of nitrogens with one attached hydrogen (secondary N) is 2. The average Bonchev–Trinajstić information content (AvgIpc) is 3.44. The second-order valence-electron chi connectivity index (χ2n) is 6.94. The molecule has 9 heteroatoms. The number of rotatable bonds is 4. The first-order chi connectivity index (χ1) is 14.6. The molecular formula is C21H16BrN3O4S. The Morgan fingerprint density at radius 3 is 2.70 bits per heavy atom. The Hall–Kier alpha value is -2.91. The van der Waals surface area contributed by atoms with Gasteiger partial charge in [-0.2, -0.15) is 0 Å². The number of hydrogen-bond acceptors (Lipinski definition) is 6. The van der Waals surface area contributed by atoms with Crippen molar-refractivity contribution in [1.82, 2.24) is 4.98 Å². The highest BCUT2D eigenvalue weighted by molar-refractivity contribution is 9.10. The van der Waals surface area contributed by atoms with E-state index >= 15 is 0 Å². The Bertz CT molecular complexity index is 1150. The number of aryl methyl sites for hydroxylation is 1. The fourth-order valence-electron chi connectivity index (χ4n) is 3.51. The second kappa shape index (κ2) is 7.73. The molecule has 2 heterocycles. The first-order valence-electron chi connectivity index (χ1n) is 9.34. The van der Waals surface area contributed by atoms with Crippen LogP contribution in [0.3, 0.4) is 0 Å². The molecular weight excluding hydrogens is 470 g/mol. The molecule has 0 saturated carbocycles. The van der Waals surface area contributed by atoms with E-state index in [1.165, 1.54) is 11.3 Å². The van der Waals surface area contributed by atoms with Gasteiger partial charge in [-0.1, -0.05) is 15.9 Å². The Morgan fingerprint density at radius 2 is 1.87 bits per heavy atom. The molecule has 0 bridgehead atoms. The lowest BCUT2D eigenvalue weighted by molar-refractivity contribution is -0.117. The molecule has 1 aromatic heterocycles. The van der Waals surface area contributed by atoms with Gasteiger partial charge in [0, 0.05) is 20.6 Å². The number of nitrogens with zero attached hydrogens (tertiary/aromatic N) is 1. The molecule has 0 fully saturated rings. The lowest BCUT2D eigenvalue weighted by Gasteiger charge is -2.11. The van der Waals surface area contributed by atoms with E-state index in [1.54, 1.807) is 18.2 Å². The van der Waals surface area contributed by atoms with E-state index in [2.05, 4.69) is 31.5 Å². The molecule has 1 aliphatic heterocycles. The number of fused-ring (bicyclic) bond motifs is 2. The molecule has 3 aromatic rings. The molecule has 2 aromatic carbocycles. The lowest BCUT2D eigenvalue weighted by Crippen LogP contribution is -2.20. The molecule has 5 rings (SSSR count). The van der Waals surface area contributed by atoms with Gasteiger partial charge in [-0.05, 0) is 55.3 Å². The van der Waals surface area contributed by atoms with Gasteiger partial charge >= 0.3 is 0 Å². The van der Waals surface area contributed by atoms with Crippen LogP contribution in [0.25, 0.3) is 0 Å². The summed E-state index contributed by atoms with van der Waals surface area (Å²) in [6, 6.07) is 12.5. The van der Waals surface area contributed by atoms with Gasteiger partial charge in [0.05, 0.1) is 11.6 Å². The van der Waals surface area contributed by atoms with Crippen molar-refractivity contribution in [2.45, 2.75) is 18.8 Å². The minimum Gasteiger partial charge on any atom is -0.454 e. The van der Waals surface area contributed by atoms with Crippen molar-refractivity contribution in [3.05, 3.63) is 63.1 Å². The van der Waals surface area contributed by atoms with Gasteiger partial charge in [-0.15, -0.1) is 11.3 Å². The number of benzene rings is 2. The van der Waals surface area contributed by atoms with Crippen molar-refractivity contribution < 1.29 is 19.1 Å². The molecule has 0 spiro atoms. The highest BCUT2D eigenvalue weighted by Gasteiger charge is 2.33. The maximum atomic E-state index is 12.8. The van der Waals surface area contributed by atoms with Crippen molar-refractivity contribution in [3.63, 3.8) is 0 Å². The van der Waals surface area contributed by atoms with Crippen molar-refractivity contribution in [2.24, 2.45) is 0 Å². The normalized spacial score (nSPS) is 16.2. The van der Waals surface area contributed by atoms with Crippen LogP contribution < -0.4 is 20.1 Å². The van der Waals surface area contributed by atoms with Crippen LogP contribution >= 0.6 is 27.3 Å². The number of carbonyl (C=O) groups excluding carboxylic acids is 2. The minimum absolute atomic E-state index is 0.0879. The van der Waals surface area contributed by atoms with Gasteiger partial charge in [0.2, 0.25) is 12.7 Å². The lowest BCUT2D eigenvalue weighted by atomic mass is 10.1. The van der Waals surface area contributed by atoms with Gasteiger partial charge in [-0.25, -0.2) is 4.98 Å². The summed E-state index contributed by atoms with van der Waals surface area (Å²) in [4.78, 5) is 30.9. The summed E-state index contributed by atoms with van der Waals surface area (Å²) in [5.41, 5.74) is 1.94. The van der Waals surface area contributed by atoms with E-state index in [9.17, 15) is 9.59 Å². The quantitative estimate of drug-likeness (QED) is 0.565. The summed E-state index contributed by atoms with van der Waals surface area (Å²) in [7, 11) is 0. The first-order valence-corrected chi connectivity index (χ1v) is 10.9. The van der Waals surface area contributed by atoms with Crippen LogP contribution in [0.5, 0.6) is 11.5 Å². The van der Waals surface area contributed by atoms with Gasteiger partial charge in [-0.3, -0.25) is 14.9 Å². The average molecular weight is 486 g/mol. The predicted molar refractivity (Wildman–Crippen MR) is 116 cm³/mol. The molecule has 1 aliphatic carbocycles. The molecule has 0 radical (unpaired) electrons. The Balaban J connectivity index is 1.29. The molecule has 2 N–H and O–H groups in total. The third-order valence-electron chi connectivity index (χ3n) is 5.00. The number of thiazole rings is 1. The first kappa shape index (κ1) is 19.1. The fourth-order valence-corrected chi connectivity index (χ4v) is 4.80. The van der Waals surface area contributed by atoms with Gasteiger partial charge in [0.25, 0.3) is 5.91 Å². The van der Waals surface area contributed by atoms with Crippen LogP contribution in [-0.4, -0.2) is 23.6 Å². The number of aromatic nitrogens is 1. The smallest absolute Gasteiger partial charge is 0.257 e. The molecule has 152 valence electrons. The summed E-state index contributed by atoms with van der Waals surface area (Å²) in [6.07, 6.45) is 1.48. The van der Waals surface area contributed by atoms with E-state index in [4.69, 9.17) is 9.47 Å². The van der Waals surface area contributed by atoms with Crippen LogP contribution in [0.1, 0.15) is 33.3 Å². The number of hydrogen-bond donors (Lipinski definition) is 2. The number of amides is 2. The minimum atomic E-state index is -0.323. The van der Waals surface area contributed by atoms with Crippen LogP contribution in [0, 0.1) is 0 Å². The van der Waals surface area contributed by atoms with Crippen molar-refractivity contribution in [1.29, 1.82) is 0 Å². The van der Waals surface area contributed by atoms with Gasteiger partial charge in [0.1, 0.15) is 0 Å². The molecule has 7 nitrogen and oxygen atoms in total. The van der Waals surface area contributed by atoms with E-state index in [1.807, 2.05) is 24.3 Å². The van der Waals surface area contributed by atoms with Crippen LogP contribution in [0.4, 0.5) is 10.8 Å². The van der Waals surface area contributed by atoms with Gasteiger partial charge in [0.15, 0.2) is 16.6 Å². The zero-order chi connectivity index (χ0) is 20.7. The van der Waals surface area contributed by atoms with Crippen LogP contribution in [-0.2, 0) is 11.2 Å². The molecule has 0 saturated heterocycles. The zero-order valence-electron chi connectivity index (χ0n) is 15.6. The molecule has 1 unspecified atom stereocenters. The summed E-state index contributed by atoms with van der Waals surface area (Å²) in [5.74, 6) is 0.482. The predicted octanol–water partition coefficient (Wildman–Crippen LogP) is 4.56. The summed E-state index contributed by atoms with van der Waals surface area (Å²) < 4.78 is 11.5. The number of carbonyl (C=O) groups is 2. The molecule has 30 heavy (non-hydrogen) atoms. The fraction of sp³-hybridized carbons (Fsp3) is 0.190. The van der Waals surface area contributed by atoms with E-state index in [-0.39, 0.29) is 24.5 Å². The maximum absolute atomic E-state index is 12.8. The zero-order valence-corrected chi connectivity index (χ0v) is 18.0. The highest BCUT2D eigenvalue weighted by atomic mass is 79.9. The van der Waals surface area contributed by atoms with E-state index in [0.29, 0.717) is 28.6 Å². The van der Waals surface area contributed by atoms with E-state index in [0.717, 1.165) is 27.2 Å². The summed E-state index contributed by atoms with van der Waals surface area (Å²) in [6.45, 7) is 0.156. The monoisotopic (exact) mass is 485 g/mol. The van der Waals surface area contributed by atoms with Gasteiger partial charge < -0.3 is 14.8 Å². The van der Waals surface area contributed by atoms with Crippen molar-refractivity contribution >= 4 is 49.9 Å². The summed E-state index contributed by atoms with van der Waals surface area (Å²) >= 11 is 4.80. The Kier molecular flexibility index (Phi) is 4.92. The van der Waals surface area contributed by atoms with Crippen molar-refractivity contribution in [2.75, 3.05) is 17.4 Å². The SMILES string of the molecule is O=C(Nc1nc2c(s1)CCC2C(=O)Nc1ccc(Br)cc1)c1ccc2c(c1)OCO2. The standard InChI is InChI=1S/C21H16BrN3O4S/c22-12-2-4-13(5-3-12)23-20(27)14-6-8-17-18(14)24-21(30-17)25-19(26)11-1-7-15-16(9-11)29-10-28-15/h1-5,7,9,14H,6,8,10H2,(H,23,27)(H,24,25,26). The molecule has 2 aliphatic rings. The molecule has 1 atom stereocenters. The number of anilines is 2.